The van der Waals surface area contributed by atoms with E-state index in [0.717, 1.165) is 43.1 Å². The lowest BCUT2D eigenvalue weighted by Gasteiger charge is -2.38. The van der Waals surface area contributed by atoms with Gasteiger partial charge in [0.2, 0.25) is 5.95 Å². The van der Waals surface area contributed by atoms with Crippen molar-refractivity contribution in [1.82, 2.24) is 9.97 Å². The molecule has 138 valence electrons. The van der Waals surface area contributed by atoms with Crippen LogP contribution >= 0.6 is 23.2 Å². The van der Waals surface area contributed by atoms with Gasteiger partial charge in [-0.3, -0.25) is 0 Å². The van der Waals surface area contributed by atoms with Crippen LogP contribution in [0.2, 0.25) is 10.0 Å². The van der Waals surface area contributed by atoms with Crippen LogP contribution in [0.3, 0.4) is 0 Å². The van der Waals surface area contributed by atoms with Crippen molar-refractivity contribution in [2.24, 2.45) is 0 Å². The van der Waals surface area contributed by atoms with E-state index in [1.165, 1.54) is 0 Å². The molecule has 8 heteroatoms. The van der Waals surface area contributed by atoms with Gasteiger partial charge in [0.05, 0.1) is 23.3 Å². The molecule has 1 spiro atoms. The highest BCUT2D eigenvalue weighted by atomic mass is 35.5. The molecule has 0 unspecified atom stereocenters. The second-order valence-corrected chi connectivity index (χ2v) is 7.35. The van der Waals surface area contributed by atoms with Gasteiger partial charge in [0.1, 0.15) is 5.82 Å². The summed E-state index contributed by atoms with van der Waals surface area (Å²) >= 11 is 12.0. The summed E-state index contributed by atoms with van der Waals surface area (Å²) in [5.41, 5.74) is 1.69. The van der Waals surface area contributed by atoms with Gasteiger partial charge < -0.3 is 19.7 Å². The van der Waals surface area contributed by atoms with Gasteiger partial charge >= 0.3 is 0 Å². The van der Waals surface area contributed by atoms with E-state index in [4.69, 9.17) is 32.7 Å². The molecule has 0 radical (unpaired) electrons. The zero-order chi connectivity index (χ0) is 18.1. The minimum atomic E-state index is -0.389. The first-order valence-electron chi connectivity index (χ1n) is 8.64. The molecular formula is C18H20Cl2N4O2. The monoisotopic (exact) mass is 394 g/mol. The summed E-state index contributed by atoms with van der Waals surface area (Å²) in [5.74, 6) is 1.04. The summed E-state index contributed by atoms with van der Waals surface area (Å²) in [6.07, 6.45) is 1.68. The minimum absolute atomic E-state index is 0.389. The zero-order valence-electron chi connectivity index (χ0n) is 14.5. The summed E-state index contributed by atoms with van der Waals surface area (Å²) in [6, 6.07) is 7.34. The van der Waals surface area contributed by atoms with Crippen LogP contribution in [0.25, 0.3) is 0 Å². The standard InChI is InChI=1S/C18H20Cl2N4O2/c1-12-10-16(24-6-4-18(5-7-24)25-8-9-26-18)23-17(21-12)22-13-2-3-14(19)15(20)11-13/h2-3,10-11H,4-9H2,1H3,(H,21,22,23). The Balaban J connectivity index is 1.50. The van der Waals surface area contributed by atoms with Crippen LogP contribution in [-0.4, -0.2) is 42.1 Å². The maximum absolute atomic E-state index is 6.08. The largest absolute Gasteiger partial charge is 0.356 e. The zero-order valence-corrected chi connectivity index (χ0v) is 16.0. The van der Waals surface area contributed by atoms with Crippen molar-refractivity contribution in [3.63, 3.8) is 0 Å². The minimum Gasteiger partial charge on any atom is -0.356 e. The summed E-state index contributed by atoms with van der Waals surface area (Å²) < 4.78 is 11.6. The third-order valence-electron chi connectivity index (χ3n) is 4.68. The van der Waals surface area contributed by atoms with E-state index in [1.807, 2.05) is 19.1 Å². The number of benzene rings is 1. The topological polar surface area (TPSA) is 59.5 Å². The Bertz CT molecular complexity index is 802. The molecule has 26 heavy (non-hydrogen) atoms. The number of hydrogen-bond donors (Lipinski definition) is 1. The molecule has 0 amide bonds. The lowest BCUT2D eigenvalue weighted by molar-refractivity contribution is -0.169. The maximum Gasteiger partial charge on any atom is 0.229 e. The molecule has 2 saturated heterocycles. The van der Waals surface area contributed by atoms with Gasteiger partial charge in [-0.2, -0.15) is 4.98 Å². The highest BCUT2D eigenvalue weighted by Gasteiger charge is 2.40. The predicted octanol–water partition coefficient (Wildman–Crippen LogP) is 4.18. The molecule has 0 atom stereocenters. The van der Waals surface area contributed by atoms with Crippen molar-refractivity contribution in [3.8, 4) is 0 Å². The molecule has 1 N–H and O–H groups in total. The number of piperidine rings is 1. The molecular weight excluding hydrogens is 375 g/mol. The molecule has 2 aromatic rings. The van der Waals surface area contributed by atoms with E-state index in [-0.39, 0.29) is 5.79 Å². The molecule has 1 aromatic heterocycles. The number of nitrogens with zero attached hydrogens (tertiary/aromatic N) is 3. The molecule has 0 bridgehead atoms. The van der Waals surface area contributed by atoms with Crippen LogP contribution in [0.15, 0.2) is 24.3 Å². The highest BCUT2D eigenvalue weighted by Crippen LogP contribution is 2.33. The fourth-order valence-electron chi connectivity index (χ4n) is 3.34. The average Bonchev–Trinajstić information content (AvgIpc) is 3.06. The van der Waals surface area contributed by atoms with Crippen LogP contribution in [0.5, 0.6) is 0 Å². The lowest BCUT2D eigenvalue weighted by atomic mass is 10.0. The first-order valence-corrected chi connectivity index (χ1v) is 9.39. The van der Waals surface area contributed by atoms with Crippen LogP contribution in [0.4, 0.5) is 17.5 Å². The Hall–Kier alpha value is -1.60. The van der Waals surface area contributed by atoms with Crippen LogP contribution in [0.1, 0.15) is 18.5 Å². The molecule has 3 heterocycles. The second kappa shape index (κ2) is 7.19. The van der Waals surface area contributed by atoms with Gasteiger partial charge in [0, 0.05) is 43.4 Å². The third-order valence-corrected chi connectivity index (χ3v) is 5.42. The maximum atomic E-state index is 6.08. The quantitative estimate of drug-likeness (QED) is 0.842. The molecule has 2 aliphatic heterocycles. The van der Waals surface area contributed by atoms with Gasteiger partial charge in [0.25, 0.3) is 0 Å². The number of nitrogens with one attached hydrogen (secondary N) is 1. The number of aryl methyl sites for hydroxylation is 1. The number of ether oxygens (including phenoxy) is 2. The van der Waals surface area contributed by atoms with Gasteiger partial charge in [-0.25, -0.2) is 4.98 Å². The SMILES string of the molecule is Cc1cc(N2CCC3(CC2)OCCO3)nc(Nc2ccc(Cl)c(Cl)c2)n1. The number of rotatable bonds is 3. The number of aromatic nitrogens is 2. The van der Waals surface area contributed by atoms with Crippen molar-refractivity contribution in [3.05, 3.63) is 40.0 Å². The normalized spacial score (nSPS) is 19.1. The third kappa shape index (κ3) is 3.74. The van der Waals surface area contributed by atoms with E-state index >= 15 is 0 Å². The van der Waals surface area contributed by atoms with Crippen molar-refractivity contribution < 1.29 is 9.47 Å². The van der Waals surface area contributed by atoms with E-state index in [9.17, 15) is 0 Å². The summed E-state index contributed by atoms with van der Waals surface area (Å²) in [7, 11) is 0. The van der Waals surface area contributed by atoms with Crippen molar-refractivity contribution in [2.45, 2.75) is 25.6 Å². The molecule has 0 saturated carbocycles. The van der Waals surface area contributed by atoms with E-state index < -0.39 is 0 Å². The van der Waals surface area contributed by atoms with Gasteiger partial charge in [-0.15, -0.1) is 0 Å². The average molecular weight is 395 g/mol. The Morgan fingerprint density at radius 1 is 1.04 bits per heavy atom. The fraction of sp³-hybridized carbons (Fsp3) is 0.444. The predicted molar refractivity (Wildman–Crippen MR) is 103 cm³/mol. The summed E-state index contributed by atoms with van der Waals surface area (Å²) in [4.78, 5) is 11.4. The summed E-state index contributed by atoms with van der Waals surface area (Å²) in [5, 5.41) is 4.20. The van der Waals surface area contributed by atoms with Crippen molar-refractivity contribution in [1.29, 1.82) is 0 Å². The lowest BCUT2D eigenvalue weighted by Crippen LogP contribution is -2.45. The first kappa shape index (κ1) is 17.8. The second-order valence-electron chi connectivity index (χ2n) is 6.54. The van der Waals surface area contributed by atoms with E-state index in [2.05, 4.69) is 20.2 Å². The molecule has 2 aliphatic rings. The number of anilines is 3. The number of hydrogen-bond acceptors (Lipinski definition) is 6. The van der Waals surface area contributed by atoms with Gasteiger partial charge in [-0.1, -0.05) is 23.2 Å². The van der Waals surface area contributed by atoms with Crippen LogP contribution in [-0.2, 0) is 9.47 Å². The number of halogens is 2. The van der Waals surface area contributed by atoms with Crippen molar-refractivity contribution in [2.75, 3.05) is 36.5 Å². The fourth-order valence-corrected chi connectivity index (χ4v) is 3.63. The molecule has 4 rings (SSSR count). The molecule has 6 nitrogen and oxygen atoms in total. The molecule has 2 fully saturated rings. The highest BCUT2D eigenvalue weighted by molar-refractivity contribution is 6.42. The summed E-state index contributed by atoms with van der Waals surface area (Å²) in [6.45, 7) is 5.00. The Morgan fingerprint density at radius 3 is 2.46 bits per heavy atom. The van der Waals surface area contributed by atoms with E-state index in [0.29, 0.717) is 29.2 Å². The smallest absolute Gasteiger partial charge is 0.229 e. The van der Waals surface area contributed by atoms with Crippen LogP contribution in [0, 0.1) is 6.92 Å². The Labute approximate surface area is 162 Å². The van der Waals surface area contributed by atoms with E-state index in [1.54, 1.807) is 12.1 Å². The molecule has 0 aliphatic carbocycles. The Morgan fingerprint density at radius 2 is 1.77 bits per heavy atom. The van der Waals surface area contributed by atoms with Gasteiger partial charge in [-0.05, 0) is 25.1 Å². The molecule has 1 aromatic carbocycles. The van der Waals surface area contributed by atoms with Gasteiger partial charge in [0.15, 0.2) is 5.79 Å². The van der Waals surface area contributed by atoms with Crippen LogP contribution < -0.4 is 10.2 Å². The first-order chi connectivity index (χ1) is 12.5. The van der Waals surface area contributed by atoms with Crippen molar-refractivity contribution >= 4 is 40.7 Å². The Kier molecular flexibility index (Phi) is 4.92.